The van der Waals surface area contributed by atoms with Crippen molar-refractivity contribution in [3.63, 3.8) is 0 Å². The van der Waals surface area contributed by atoms with Crippen LogP contribution in [0.15, 0.2) is 84.9 Å². The Morgan fingerprint density at radius 2 is 1.60 bits per heavy atom. The van der Waals surface area contributed by atoms with Crippen LogP contribution in [0.5, 0.6) is 5.75 Å². The fourth-order valence-corrected chi connectivity index (χ4v) is 4.16. The van der Waals surface area contributed by atoms with Gasteiger partial charge in [-0.3, -0.25) is 4.90 Å². The second-order valence-corrected chi connectivity index (χ2v) is 8.07. The molecule has 0 unspecified atom stereocenters. The maximum Gasteiger partial charge on any atom is 0.119 e. The minimum absolute atomic E-state index is 0.194. The lowest BCUT2D eigenvalue weighted by Gasteiger charge is -2.44. The van der Waals surface area contributed by atoms with E-state index in [1.165, 1.54) is 5.56 Å². The quantitative estimate of drug-likeness (QED) is 0.645. The van der Waals surface area contributed by atoms with Crippen molar-refractivity contribution in [3.8, 4) is 5.75 Å². The van der Waals surface area contributed by atoms with E-state index in [0.717, 1.165) is 23.4 Å². The van der Waals surface area contributed by atoms with Gasteiger partial charge < -0.3 is 14.9 Å². The van der Waals surface area contributed by atoms with Gasteiger partial charge in [0.05, 0.1) is 6.10 Å². The summed E-state index contributed by atoms with van der Waals surface area (Å²) in [5.41, 5.74) is 1.81. The van der Waals surface area contributed by atoms with Gasteiger partial charge in [0.2, 0.25) is 0 Å². The lowest BCUT2D eigenvalue weighted by Crippen LogP contribution is -2.53. The Bertz CT molecular complexity index is 930. The fraction of sp³-hybridized carbons (Fsp3) is 0.308. The first-order valence-corrected chi connectivity index (χ1v) is 10.5. The second kappa shape index (κ2) is 9.00. The lowest BCUT2D eigenvalue weighted by molar-refractivity contribution is -0.130. The molecule has 4 heteroatoms. The molecule has 4 rings (SSSR count). The molecule has 0 bridgehead atoms. The Hall–Kier alpha value is -2.66. The molecule has 0 radical (unpaired) electrons. The highest BCUT2D eigenvalue weighted by Gasteiger charge is 2.43. The van der Waals surface area contributed by atoms with Crippen molar-refractivity contribution in [2.24, 2.45) is 0 Å². The zero-order valence-electron chi connectivity index (χ0n) is 17.3. The summed E-state index contributed by atoms with van der Waals surface area (Å²) in [4.78, 5) is 2.23. The van der Waals surface area contributed by atoms with Gasteiger partial charge in [-0.2, -0.15) is 0 Å². The molecule has 156 valence electrons. The molecule has 0 spiro atoms. The van der Waals surface area contributed by atoms with Crippen molar-refractivity contribution in [2.75, 3.05) is 13.1 Å². The topological polar surface area (TPSA) is 52.9 Å². The van der Waals surface area contributed by atoms with Crippen molar-refractivity contribution < 1.29 is 14.9 Å². The zero-order valence-corrected chi connectivity index (χ0v) is 17.3. The number of ether oxygens (including phenoxy) is 1. The number of rotatable bonds is 6. The molecule has 3 aromatic rings. The third-order valence-corrected chi connectivity index (χ3v) is 6.17. The summed E-state index contributed by atoms with van der Waals surface area (Å²) in [6.07, 6.45) is -0.372. The van der Waals surface area contributed by atoms with E-state index in [1.54, 1.807) is 0 Å². The number of hydrogen-bond acceptors (Lipinski definition) is 4. The van der Waals surface area contributed by atoms with Crippen LogP contribution in [0.3, 0.4) is 0 Å². The van der Waals surface area contributed by atoms with Crippen LogP contribution < -0.4 is 4.74 Å². The van der Waals surface area contributed by atoms with E-state index in [4.69, 9.17) is 4.74 Å². The van der Waals surface area contributed by atoms with Gasteiger partial charge in [-0.1, -0.05) is 72.8 Å². The number of aliphatic hydroxyl groups is 2. The molecule has 4 nitrogen and oxygen atoms in total. The summed E-state index contributed by atoms with van der Waals surface area (Å²) in [7, 11) is 0. The highest BCUT2D eigenvalue weighted by atomic mass is 16.5. The number of benzene rings is 3. The maximum atomic E-state index is 11.3. The van der Waals surface area contributed by atoms with Gasteiger partial charge in [0.1, 0.15) is 18.0 Å². The zero-order chi connectivity index (χ0) is 21.0. The SMILES string of the molecule is C[C@H](c1ccccc1)N1CC[C@](O)(c2ccc(OCc3ccccc3)cc2)[C@@H](O)C1. The average molecular weight is 404 g/mol. The Balaban J connectivity index is 1.40. The highest BCUT2D eigenvalue weighted by Crippen LogP contribution is 2.36. The standard InChI is InChI=1S/C26H29NO3/c1-20(22-10-6-3-7-11-22)27-17-16-26(29,25(28)18-27)23-12-14-24(15-13-23)30-19-21-8-4-2-5-9-21/h2-15,20,25,28-29H,16-19H2,1H3/t20-,25+,26+/m1/s1. The number of aliphatic hydroxyl groups excluding tert-OH is 1. The van der Waals surface area contributed by atoms with Crippen LogP contribution in [0, 0.1) is 0 Å². The number of β-amino-alcohol motifs (C(OH)–C–C–N with tert-alkyl or cyclic N) is 1. The van der Waals surface area contributed by atoms with Crippen LogP contribution in [-0.2, 0) is 12.2 Å². The molecule has 1 heterocycles. The number of nitrogens with zero attached hydrogens (tertiary/aromatic N) is 1. The Morgan fingerprint density at radius 1 is 0.967 bits per heavy atom. The molecule has 0 amide bonds. The van der Waals surface area contributed by atoms with Crippen LogP contribution in [0.2, 0.25) is 0 Å². The molecule has 0 aliphatic carbocycles. The number of likely N-dealkylation sites (tertiary alicyclic amines) is 1. The summed E-state index contributed by atoms with van der Waals surface area (Å²) in [6, 6.07) is 27.9. The largest absolute Gasteiger partial charge is 0.489 e. The summed E-state index contributed by atoms with van der Waals surface area (Å²) in [5.74, 6) is 0.746. The van der Waals surface area contributed by atoms with Crippen LogP contribution in [0.25, 0.3) is 0 Å². The van der Waals surface area contributed by atoms with Gasteiger partial charge in [-0.15, -0.1) is 0 Å². The van der Waals surface area contributed by atoms with Crippen molar-refractivity contribution in [2.45, 2.75) is 37.7 Å². The van der Waals surface area contributed by atoms with E-state index in [0.29, 0.717) is 19.6 Å². The summed E-state index contributed by atoms with van der Waals surface area (Å²) >= 11 is 0. The molecule has 3 aromatic carbocycles. The van der Waals surface area contributed by atoms with E-state index in [2.05, 4.69) is 24.0 Å². The van der Waals surface area contributed by atoms with E-state index >= 15 is 0 Å². The maximum absolute atomic E-state index is 11.3. The van der Waals surface area contributed by atoms with Crippen molar-refractivity contribution in [3.05, 3.63) is 102 Å². The van der Waals surface area contributed by atoms with E-state index in [-0.39, 0.29) is 6.04 Å². The number of piperidine rings is 1. The van der Waals surface area contributed by atoms with Crippen molar-refractivity contribution >= 4 is 0 Å². The third kappa shape index (κ3) is 4.41. The van der Waals surface area contributed by atoms with E-state index in [9.17, 15) is 10.2 Å². The molecule has 1 aliphatic heterocycles. The highest BCUT2D eigenvalue weighted by molar-refractivity contribution is 5.33. The first-order chi connectivity index (χ1) is 14.6. The van der Waals surface area contributed by atoms with Gasteiger partial charge >= 0.3 is 0 Å². The van der Waals surface area contributed by atoms with E-state index < -0.39 is 11.7 Å². The predicted molar refractivity (Wildman–Crippen MR) is 118 cm³/mol. The van der Waals surface area contributed by atoms with Crippen molar-refractivity contribution in [1.82, 2.24) is 4.90 Å². The molecule has 1 saturated heterocycles. The predicted octanol–water partition coefficient (Wildman–Crippen LogP) is 4.28. The van der Waals surface area contributed by atoms with Gasteiger partial charge in [-0.25, -0.2) is 0 Å². The minimum Gasteiger partial charge on any atom is -0.489 e. The van der Waals surface area contributed by atoms with Gasteiger partial charge in [0, 0.05) is 19.1 Å². The summed E-state index contributed by atoms with van der Waals surface area (Å²) < 4.78 is 5.84. The second-order valence-electron chi connectivity index (χ2n) is 8.07. The molecule has 1 fully saturated rings. The third-order valence-electron chi connectivity index (χ3n) is 6.17. The number of hydrogen-bond donors (Lipinski definition) is 2. The lowest BCUT2D eigenvalue weighted by atomic mass is 9.81. The van der Waals surface area contributed by atoms with Crippen LogP contribution >= 0.6 is 0 Å². The van der Waals surface area contributed by atoms with Crippen LogP contribution in [-0.4, -0.2) is 34.3 Å². The van der Waals surface area contributed by atoms with Crippen LogP contribution in [0.4, 0.5) is 0 Å². The van der Waals surface area contributed by atoms with Gasteiger partial charge in [0.25, 0.3) is 0 Å². The molecular weight excluding hydrogens is 374 g/mol. The molecule has 1 aliphatic rings. The molecule has 2 N–H and O–H groups in total. The van der Waals surface area contributed by atoms with Crippen molar-refractivity contribution in [1.29, 1.82) is 0 Å². The monoisotopic (exact) mass is 403 g/mol. The molecule has 0 aromatic heterocycles. The van der Waals surface area contributed by atoms with Gasteiger partial charge in [-0.05, 0) is 42.2 Å². The van der Waals surface area contributed by atoms with Gasteiger partial charge in [0.15, 0.2) is 0 Å². The Morgan fingerprint density at radius 3 is 2.23 bits per heavy atom. The molecule has 30 heavy (non-hydrogen) atoms. The normalized spacial score (nSPS) is 23.1. The van der Waals surface area contributed by atoms with E-state index in [1.807, 2.05) is 72.8 Å². The summed E-state index contributed by atoms with van der Waals surface area (Å²) in [6.45, 7) is 3.79. The summed E-state index contributed by atoms with van der Waals surface area (Å²) in [5, 5.41) is 22.1. The van der Waals surface area contributed by atoms with Crippen LogP contribution in [0.1, 0.15) is 36.1 Å². The molecule has 3 atom stereocenters. The molecule has 0 saturated carbocycles. The average Bonchev–Trinajstić information content (AvgIpc) is 2.80. The fourth-order valence-electron chi connectivity index (χ4n) is 4.16. The smallest absolute Gasteiger partial charge is 0.119 e. The first-order valence-electron chi connectivity index (χ1n) is 10.5. The first kappa shape index (κ1) is 20.6. The Kier molecular flexibility index (Phi) is 6.18. The molecular formula is C26H29NO3. The minimum atomic E-state index is -1.25. The Labute approximate surface area is 178 Å².